The van der Waals surface area contributed by atoms with Crippen molar-refractivity contribution in [3.8, 4) is 0 Å². The van der Waals surface area contributed by atoms with Gasteiger partial charge in [0, 0.05) is 26.2 Å². The fourth-order valence-electron chi connectivity index (χ4n) is 2.18. The minimum absolute atomic E-state index is 0.0000477. The fraction of sp³-hybridized carbons (Fsp3) is 0.500. The van der Waals surface area contributed by atoms with Crippen molar-refractivity contribution >= 4 is 23.2 Å². The molecule has 0 N–H and O–H groups in total. The van der Waals surface area contributed by atoms with Crippen molar-refractivity contribution < 1.29 is 9.72 Å². The zero-order chi connectivity index (χ0) is 14.7. The molecule has 1 aromatic heterocycles. The average Bonchev–Trinajstić information content (AvgIpc) is 2.46. The number of carbonyl (C=O) groups excluding carboxylic acids is 1. The van der Waals surface area contributed by atoms with Gasteiger partial charge in [0.15, 0.2) is 0 Å². The molecule has 2 heterocycles. The number of pyridine rings is 1. The molecule has 1 aliphatic heterocycles. The minimum Gasteiger partial charge on any atom is -0.336 e. The molecule has 2 rings (SSSR count). The Morgan fingerprint density at radius 2 is 2.10 bits per heavy atom. The van der Waals surface area contributed by atoms with E-state index in [2.05, 4.69) is 16.8 Å². The summed E-state index contributed by atoms with van der Waals surface area (Å²) in [5, 5.41) is 11.0. The first-order valence-electron chi connectivity index (χ1n) is 6.34. The van der Waals surface area contributed by atoms with Gasteiger partial charge in [-0.2, -0.15) is 0 Å². The van der Waals surface area contributed by atoms with E-state index in [0.717, 1.165) is 25.8 Å². The van der Waals surface area contributed by atoms with Crippen molar-refractivity contribution in [2.24, 2.45) is 0 Å². The van der Waals surface area contributed by atoms with E-state index < -0.39 is 4.92 Å². The smallest absolute Gasteiger partial charge is 0.300 e. The quantitative estimate of drug-likeness (QED) is 0.479. The van der Waals surface area contributed by atoms with E-state index in [1.165, 1.54) is 6.07 Å². The number of rotatable bonds is 3. The molecular weight excluding hydrogens is 284 g/mol. The maximum Gasteiger partial charge on any atom is 0.300 e. The number of nitro groups is 1. The van der Waals surface area contributed by atoms with Crippen LogP contribution in [0.25, 0.3) is 0 Å². The lowest BCUT2D eigenvalue weighted by molar-refractivity contribution is -0.385. The normalized spacial score (nSPS) is 16.2. The second kappa shape index (κ2) is 6.15. The summed E-state index contributed by atoms with van der Waals surface area (Å²) in [7, 11) is 0. The molecule has 0 spiro atoms. The minimum atomic E-state index is -0.612. The molecule has 0 saturated carbocycles. The largest absolute Gasteiger partial charge is 0.336 e. The molecule has 20 heavy (non-hydrogen) atoms. The van der Waals surface area contributed by atoms with Gasteiger partial charge in [-0.1, -0.05) is 18.5 Å². The SMILES string of the molecule is CCN1CCN(C(=O)c2cc(Cl)ncc2[N+](=O)[O-])CC1. The zero-order valence-corrected chi connectivity index (χ0v) is 11.8. The second-order valence-electron chi connectivity index (χ2n) is 4.51. The molecular formula is C12H15ClN4O3. The summed E-state index contributed by atoms with van der Waals surface area (Å²) in [6.07, 6.45) is 1.03. The van der Waals surface area contributed by atoms with Crippen molar-refractivity contribution in [2.75, 3.05) is 32.7 Å². The first kappa shape index (κ1) is 14.7. The van der Waals surface area contributed by atoms with Gasteiger partial charge < -0.3 is 9.80 Å². The Morgan fingerprint density at radius 1 is 1.45 bits per heavy atom. The highest BCUT2D eigenvalue weighted by atomic mass is 35.5. The van der Waals surface area contributed by atoms with Crippen LogP contribution in [-0.4, -0.2) is 58.3 Å². The summed E-state index contributed by atoms with van der Waals surface area (Å²) >= 11 is 5.74. The Balaban J connectivity index is 2.21. The van der Waals surface area contributed by atoms with Crippen LogP contribution >= 0.6 is 11.6 Å². The molecule has 1 aliphatic rings. The van der Waals surface area contributed by atoms with Crippen LogP contribution in [0.5, 0.6) is 0 Å². The van der Waals surface area contributed by atoms with E-state index in [0.29, 0.717) is 13.1 Å². The van der Waals surface area contributed by atoms with Gasteiger partial charge in [0.1, 0.15) is 16.9 Å². The molecule has 1 saturated heterocycles. The predicted octanol–water partition coefficient (Wildman–Crippen LogP) is 1.42. The first-order chi connectivity index (χ1) is 9.52. The van der Waals surface area contributed by atoms with E-state index in [9.17, 15) is 14.9 Å². The van der Waals surface area contributed by atoms with Crippen molar-refractivity contribution in [3.05, 3.63) is 33.1 Å². The molecule has 0 radical (unpaired) electrons. The molecule has 0 aromatic carbocycles. The van der Waals surface area contributed by atoms with Crippen LogP contribution < -0.4 is 0 Å². The Bertz CT molecular complexity index is 529. The molecule has 108 valence electrons. The Morgan fingerprint density at radius 3 is 2.65 bits per heavy atom. The van der Waals surface area contributed by atoms with Crippen LogP contribution in [0.15, 0.2) is 12.3 Å². The highest BCUT2D eigenvalue weighted by Crippen LogP contribution is 2.22. The van der Waals surface area contributed by atoms with Gasteiger partial charge in [0.05, 0.1) is 4.92 Å². The van der Waals surface area contributed by atoms with E-state index in [-0.39, 0.29) is 22.3 Å². The topological polar surface area (TPSA) is 79.6 Å². The third-order valence-corrected chi connectivity index (χ3v) is 3.59. The number of piperazine rings is 1. The van der Waals surface area contributed by atoms with Crippen LogP contribution in [-0.2, 0) is 0 Å². The van der Waals surface area contributed by atoms with E-state index in [1.54, 1.807) is 4.90 Å². The van der Waals surface area contributed by atoms with E-state index >= 15 is 0 Å². The maximum absolute atomic E-state index is 12.4. The predicted molar refractivity (Wildman–Crippen MR) is 73.9 cm³/mol. The van der Waals surface area contributed by atoms with E-state index in [4.69, 9.17) is 11.6 Å². The Kier molecular flexibility index (Phi) is 4.51. The number of likely N-dealkylation sites (N-methyl/N-ethyl adjacent to an activating group) is 1. The Labute approximate surface area is 121 Å². The number of halogens is 1. The summed E-state index contributed by atoms with van der Waals surface area (Å²) in [6, 6.07) is 1.26. The van der Waals surface area contributed by atoms with Crippen LogP contribution in [0.3, 0.4) is 0 Å². The number of amides is 1. The van der Waals surface area contributed by atoms with Gasteiger partial charge in [-0.05, 0) is 12.6 Å². The highest BCUT2D eigenvalue weighted by molar-refractivity contribution is 6.29. The number of aromatic nitrogens is 1. The fourth-order valence-corrected chi connectivity index (χ4v) is 2.33. The third-order valence-electron chi connectivity index (χ3n) is 3.38. The second-order valence-corrected chi connectivity index (χ2v) is 4.89. The number of carbonyl (C=O) groups is 1. The van der Waals surface area contributed by atoms with Crippen LogP contribution in [0.4, 0.5) is 5.69 Å². The van der Waals surface area contributed by atoms with Gasteiger partial charge in [0.2, 0.25) is 0 Å². The summed E-state index contributed by atoms with van der Waals surface area (Å²) in [6.45, 7) is 5.66. The standard InChI is InChI=1S/C12H15ClN4O3/c1-2-15-3-5-16(6-4-15)12(18)9-7-11(13)14-8-10(9)17(19)20/h7-8H,2-6H2,1H3. The van der Waals surface area contributed by atoms with Gasteiger partial charge >= 0.3 is 0 Å². The molecule has 0 unspecified atom stereocenters. The summed E-state index contributed by atoms with van der Waals surface area (Å²) in [5.41, 5.74) is -0.308. The lowest BCUT2D eigenvalue weighted by atomic mass is 10.2. The summed E-state index contributed by atoms with van der Waals surface area (Å²) in [4.78, 5) is 30.2. The van der Waals surface area contributed by atoms with Gasteiger partial charge in [-0.3, -0.25) is 14.9 Å². The third kappa shape index (κ3) is 3.05. The first-order valence-corrected chi connectivity index (χ1v) is 6.72. The number of nitrogens with zero attached hydrogens (tertiary/aromatic N) is 4. The van der Waals surface area contributed by atoms with Crippen molar-refractivity contribution in [1.82, 2.24) is 14.8 Å². The number of hydrogen-bond acceptors (Lipinski definition) is 5. The zero-order valence-electron chi connectivity index (χ0n) is 11.1. The van der Waals surface area contributed by atoms with Crippen molar-refractivity contribution in [1.29, 1.82) is 0 Å². The highest BCUT2D eigenvalue weighted by Gasteiger charge is 2.27. The van der Waals surface area contributed by atoms with Gasteiger partial charge in [0.25, 0.3) is 11.6 Å². The maximum atomic E-state index is 12.4. The molecule has 1 aromatic rings. The Hall–Kier alpha value is -1.73. The molecule has 0 bridgehead atoms. The average molecular weight is 299 g/mol. The van der Waals surface area contributed by atoms with Crippen molar-refractivity contribution in [2.45, 2.75) is 6.92 Å². The van der Waals surface area contributed by atoms with Crippen LogP contribution in [0.2, 0.25) is 5.15 Å². The van der Waals surface area contributed by atoms with E-state index in [1.807, 2.05) is 0 Å². The molecule has 7 nitrogen and oxygen atoms in total. The summed E-state index contributed by atoms with van der Waals surface area (Å²) in [5.74, 6) is -0.364. The van der Waals surface area contributed by atoms with Crippen LogP contribution in [0.1, 0.15) is 17.3 Å². The van der Waals surface area contributed by atoms with Crippen molar-refractivity contribution in [3.63, 3.8) is 0 Å². The molecule has 1 fully saturated rings. The molecule has 1 amide bonds. The van der Waals surface area contributed by atoms with Crippen LogP contribution in [0, 0.1) is 10.1 Å². The molecule has 0 aliphatic carbocycles. The molecule has 0 atom stereocenters. The van der Waals surface area contributed by atoms with Gasteiger partial charge in [-0.25, -0.2) is 4.98 Å². The number of hydrogen-bond donors (Lipinski definition) is 0. The monoisotopic (exact) mass is 298 g/mol. The molecule has 8 heteroatoms. The lowest BCUT2D eigenvalue weighted by Gasteiger charge is -2.33. The van der Waals surface area contributed by atoms with Gasteiger partial charge in [-0.15, -0.1) is 0 Å². The lowest BCUT2D eigenvalue weighted by Crippen LogP contribution is -2.48. The summed E-state index contributed by atoms with van der Waals surface area (Å²) < 4.78 is 0.